The van der Waals surface area contributed by atoms with Gasteiger partial charge in [-0.25, -0.2) is 0 Å². The molecule has 0 atom stereocenters. The normalized spacial score (nSPS) is 15.1. The molecule has 5 heteroatoms. The quantitative estimate of drug-likeness (QED) is 0.866. The van der Waals surface area contributed by atoms with Gasteiger partial charge in [-0.15, -0.1) is 11.8 Å². The van der Waals surface area contributed by atoms with Crippen LogP contribution in [0.1, 0.15) is 31.2 Å². The number of amides is 1. The first kappa shape index (κ1) is 15.6. The van der Waals surface area contributed by atoms with Crippen LogP contribution in [-0.4, -0.2) is 21.9 Å². The molecule has 1 fully saturated rings. The number of nitrogens with zero attached hydrogens (tertiary/aromatic N) is 1. The Morgan fingerprint density at radius 3 is 3.00 bits per heavy atom. The smallest absolute Gasteiger partial charge is 0.230 e. The van der Waals surface area contributed by atoms with E-state index in [2.05, 4.69) is 21.7 Å². The summed E-state index contributed by atoms with van der Waals surface area (Å²) < 4.78 is 0. The van der Waals surface area contributed by atoms with Crippen molar-refractivity contribution in [2.45, 2.75) is 37.5 Å². The molecule has 1 saturated carbocycles. The Morgan fingerprint density at radius 2 is 2.23 bits per heavy atom. The third-order valence-electron chi connectivity index (χ3n) is 3.91. The number of hydrogen-bond donors (Lipinski definition) is 1. The maximum Gasteiger partial charge on any atom is 0.230 e. The minimum Gasteiger partial charge on any atom is -0.351 e. The van der Waals surface area contributed by atoms with Crippen LogP contribution in [0.2, 0.25) is 0 Å². The van der Waals surface area contributed by atoms with Gasteiger partial charge in [-0.1, -0.05) is 18.9 Å². The predicted molar refractivity (Wildman–Crippen MR) is 94.1 cm³/mol. The second-order valence-corrected chi connectivity index (χ2v) is 7.59. The fourth-order valence-corrected chi connectivity index (χ4v) is 4.53. The van der Waals surface area contributed by atoms with Crippen LogP contribution in [0.5, 0.6) is 0 Å². The fraction of sp³-hybridized carbons (Fsp3) is 0.412. The van der Waals surface area contributed by atoms with Crippen molar-refractivity contribution in [3.63, 3.8) is 0 Å². The number of carbonyl (C=O) groups is 1. The third kappa shape index (κ3) is 4.11. The van der Waals surface area contributed by atoms with Gasteiger partial charge >= 0.3 is 0 Å². The van der Waals surface area contributed by atoms with Crippen LogP contribution in [0, 0.1) is 0 Å². The molecular weight excluding hydrogens is 312 g/mol. The summed E-state index contributed by atoms with van der Waals surface area (Å²) in [5.74, 6) is 0.690. The van der Waals surface area contributed by atoms with E-state index in [1.807, 2.05) is 17.5 Å². The molecule has 2 aromatic heterocycles. The van der Waals surface area contributed by atoms with Crippen LogP contribution in [0.4, 0.5) is 0 Å². The van der Waals surface area contributed by atoms with Gasteiger partial charge in [0.15, 0.2) is 0 Å². The summed E-state index contributed by atoms with van der Waals surface area (Å²) in [6.07, 6.45) is 6.97. The Balaban J connectivity index is 1.54. The first-order valence-electron chi connectivity index (χ1n) is 7.67. The van der Waals surface area contributed by atoms with Crippen LogP contribution in [0.15, 0.2) is 35.2 Å². The zero-order chi connectivity index (χ0) is 15.2. The first-order valence-corrected chi connectivity index (χ1v) is 9.67. The van der Waals surface area contributed by atoms with Gasteiger partial charge in [-0.2, -0.15) is 11.3 Å². The van der Waals surface area contributed by atoms with Crippen molar-refractivity contribution in [1.82, 2.24) is 10.3 Å². The van der Waals surface area contributed by atoms with Gasteiger partial charge in [0.1, 0.15) is 0 Å². The molecule has 0 bridgehead atoms. The second-order valence-electron chi connectivity index (χ2n) is 5.52. The molecule has 3 nitrogen and oxygen atoms in total. The number of pyridine rings is 1. The zero-order valence-electron chi connectivity index (χ0n) is 12.5. The van der Waals surface area contributed by atoms with Gasteiger partial charge in [-0.05, 0) is 35.9 Å². The van der Waals surface area contributed by atoms with Gasteiger partial charge in [0.05, 0.1) is 11.4 Å². The highest BCUT2D eigenvalue weighted by molar-refractivity contribution is 8.00. The fourth-order valence-electron chi connectivity index (χ4n) is 2.73. The topological polar surface area (TPSA) is 42.0 Å². The lowest BCUT2D eigenvalue weighted by atomic mass is 10.1. The molecule has 0 saturated heterocycles. The molecule has 0 unspecified atom stereocenters. The summed E-state index contributed by atoms with van der Waals surface area (Å²) in [7, 11) is 0. The molecule has 0 spiro atoms. The number of thiophene rings is 1. The molecule has 1 aliphatic carbocycles. The van der Waals surface area contributed by atoms with E-state index >= 15 is 0 Å². The van der Waals surface area contributed by atoms with Gasteiger partial charge in [0.2, 0.25) is 5.91 Å². The Morgan fingerprint density at radius 1 is 1.36 bits per heavy atom. The summed E-state index contributed by atoms with van der Waals surface area (Å²) in [4.78, 5) is 16.5. The van der Waals surface area contributed by atoms with Gasteiger partial charge in [-0.3, -0.25) is 9.78 Å². The molecule has 1 aliphatic rings. The van der Waals surface area contributed by atoms with Crippen LogP contribution < -0.4 is 5.32 Å². The lowest BCUT2D eigenvalue weighted by Crippen LogP contribution is -2.25. The SMILES string of the molecule is O=C(CSC1CCCC1)NCc1cccnc1-c1ccsc1. The Hall–Kier alpha value is -1.33. The molecule has 2 aromatic rings. The van der Waals surface area contributed by atoms with Crippen molar-refractivity contribution < 1.29 is 4.79 Å². The lowest BCUT2D eigenvalue weighted by molar-refractivity contribution is -0.118. The van der Waals surface area contributed by atoms with E-state index < -0.39 is 0 Å². The van der Waals surface area contributed by atoms with Crippen molar-refractivity contribution in [1.29, 1.82) is 0 Å². The predicted octanol–water partition coefficient (Wildman–Crippen LogP) is 4.10. The average Bonchev–Trinajstić information content (AvgIpc) is 3.24. The summed E-state index contributed by atoms with van der Waals surface area (Å²) in [6.45, 7) is 0.545. The largest absolute Gasteiger partial charge is 0.351 e. The maximum absolute atomic E-state index is 12.0. The van der Waals surface area contributed by atoms with Crippen molar-refractivity contribution in [2.24, 2.45) is 0 Å². The van der Waals surface area contributed by atoms with E-state index in [1.165, 1.54) is 25.7 Å². The van der Waals surface area contributed by atoms with E-state index in [4.69, 9.17) is 0 Å². The minimum absolute atomic E-state index is 0.122. The number of nitrogens with one attached hydrogen (secondary N) is 1. The van der Waals surface area contributed by atoms with Crippen molar-refractivity contribution in [3.05, 3.63) is 40.7 Å². The molecule has 116 valence electrons. The molecular formula is C17H20N2OS2. The molecule has 0 radical (unpaired) electrons. The van der Waals surface area contributed by atoms with E-state index in [-0.39, 0.29) is 5.91 Å². The van der Waals surface area contributed by atoms with Crippen LogP contribution in [-0.2, 0) is 11.3 Å². The molecule has 1 N–H and O–H groups in total. The molecule has 0 aromatic carbocycles. The zero-order valence-corrected chi connectivity index (χ0v) is 14.1. The van der Waals surface area contributed by atoms with Gasteiger partial charge in [0, 0.05) is 28.9 Å². The van der Waals surface area contributed by atoms with Crippen molar-refractivity contribution in [3.8, 4) is 11.3 Å². The number of aromatic nitrogens is 1. The van der Waals surface area contributed by atoms with E-state index in [9.17, 15) is 4.79 Å². The lowest BCUT2D eigenvalue weighted by Gasteiger charge is -2.11. The summed E-state index contributed by atoms with van der Waals surface area (Å²) in [6, 6.07) is 6.02. The second kappa shape index (κ2) is 7.79. The summed E-state index contributed by atoms with van der Waals surface area (Å²) in [5, 5.41) is 7.85. The first-order chi connectivity index (χ1) is 10.8. The minimum atomic E-state index is 0.122. The number of rotatable bonds is 6. The van der Waals surface area contributed by atoms with E-state index in [0.29, 0.717) is 17.5 Å². The molecule has 0 aliphatic heterocycles. The van der Waals surface area contributed by atoms with Crippen molar-refractivity contribution >= 4 is 29.0 Å². The monoisotopic (exact) mass is 332 g/mol. The highest BCUT2D eigenvalue weighted by atomic mass is 32.2. The Bertz CT molecular complexity index is 607. The maximum atomic E-state index is 12.0. The molecule has 22 heavy (non-hydrogen) atoms. The number of hydrogen-bond acceptors (Lipinski definition) is 4. The third-order valence-corrected chi connectivity index (χ3v) is 5.97. The van der Waals surface area contributed by atoms with E-state index in [0.717, 1.165) is 16.8 Å². The average molecular weight is 332 g/mol. The standard InChI is InChI=1S/C17H20N2OS2/c20-16(12-22-15-5-1-2-6-15)19-10-13-4-3-8-18-17(13)14-7-9-21-11-14/h3-4,7-9,11,15H,1-2,5-6,10,12H2,(H,19,20). The summed E-state index contributed by atoms with van der Waals surface area (Å²) >= 11 is 3.46. The van der Waals surface area contributed by atoms with Crippen LogP contribution >= 0.6 is 23.1 Å². The summed E-state index contributed by atoms with van der Waals surface area (Å²) in [5.41, 5.74) is 3.16. The Kier molecular flexibility index (Phi) is 5.51. The van der Waals surface area contributed by atoms with Crippen LogP contribution in [0.25, 0.3) is 11.3 Å². The molecule has 2 heterocycles. The highest BCUT2D eigenvalue weighted by Crippen LogP contribution is 2.29. The number of carbonyl (C=O) groups excluding carboxylic acids is 1. The van der Waals surface area contributed by atoms with Gasteiger partial charge in [0.25, 0.3) is 0 Å². The Labute approximate surface area is 139 Å². The number of thioether (sulfide) groups is 1. The molecule has 3 rings (SSSR count). The highest BCUT2D eigenvalue weighted by Gasteiger charge is 2.16. The van der Waals surface area contributed by atoms with E-state index in [1.54, 1.807) is 29.3 Å². The van der Waals surface area contributed by atoms with Crippen molar-refractivity contribution in [2.75, 3.05) is 5.75 Å². The van der Waals surface area contributed by atoms with Gasteiger partial charge < -0.3 is 5.32 Å². The molecule has 1 amide bonds. The van der Waals surface area contributed by atoms with Crippen LogP contribution in [0.3, 0.4) is 0 Å².